The van der Waals surface area contributed by atoms with E-state index >= 15 is 0 Å². The second-order valence-electron chi connectivity index (χ2n) is 3.56. The molecular weight excluding hydrogens is 204 g/mol. The molecule has 4 heterocycles. The number of aromatic nitrogens is 4. The van der Waals surface area contributed by atoms with E-state index in [0.29, 0.717) is 11.4 Å². The molecule has 0 amide bonds. The van der Waals surface area contributed by atoms with Crippen molar-refractivity contribution < 1.29 is 4.42 Å². The van der Waals surface area contributed by atoms with Crippen LogP contribution in [0.1, 0.15) is 0 Å². The highest BCUT2D eigenvalue weighted by atomic mass is 16.3. The van der Waals surface area contributed by atoms with Crippen LogP contribution in [0, 0.1) is 0 Å². The lowest BCUT2D eigenvalue weighted by atomic mass is 10.2. The zero-order valence-corrected chi connectivity index (χ0v) is 8.14. The van der Waals surface area contributed by atoms with Crippen LogP contribution in [-0.4, -0.2) is 19.9 Å². The fourth-order valence-electron chi connectivity index (χ4n) is 2.00. The molecule has 5 nitrogen and oxygen atoms in total. The molecule has 0 spiro atoms. The van der Waals surface area contributed by atoms with Gasteiger partial charge in [0.25, 0.3) is 0 Å². The second kappa shape index (κ2) is 2.57. The number of nitrogens with one attached hydrogen (secondary N) is 1. The number of hydrogen-bond donors (Lipinski definition) is 1. The molecule has 5 heteroatoms. The summed E-state index contributed by atoms with van der Waals surface area (Å²) in [6.45, 7) is 0. The van der Waals surface area contributed by atoms with Gasteiger partial charge in [0.05, 0.1) is 17.1 Å². The molecule has 0 unspecified atom stereocenters. The van der Waals surface area contributed by atoms with Gasteiger partial charge in [0, 0.05) is 24.0 Å². The molecule has 0 atom stereocenters. The van der Waals surface area contributed by atoms with Crippen molar-refractivity contribution >= 4 is 33.2 Å². The first kappa shape index (κ1) is 7.81. The van der Waals surface area contributed by atoms with Crippen LogP contribution in [-0.2, 0) is 0 Å². The fourth-order valence-corrected chi connectivity index (χ4v) is 2.00. The van der Waals surface area contributed by atoms with Crippen molar-refractivity contribution in [1.29, 1.82) is 0 Å². The number of H-pyrrole nitrogens is 1. The van der Waals surface area contributed by atoms with E-state index in [1.54, 1.807) is 24.8 Å². The fraction of sp³-hybridized carbons (Fsp3) is 0. The standard InChI is InChI=1S/C11H6N4O/c1-2-12-5-7-6(1)8-9-11(14-4-3-13-9)16-10(8)15-7/h1-5,15H. The summed E-state index contributed by atoms with van der Waals surface area (Å²) in [4.78, 5) is 15.6. The lowest BCUT2D eigenvalue weighted by Gasteiger charge is -1.88. The maximum Gasteiger partial charge on any atom is 0.248 e. The summed E-state index contributed by atoms with van der Waals surface area (Å²) in [6, 6.07) is 1.94. The molecule has 4 aromatic heterocycles. The van der Waals surface area contributed by atoms with Gasteiger partial charge in [0.1, 0.15) is 5.52 Å². The van der Waals surface area contributed by atoms with Gasteiger partial charge >= 0.3 is 0 Å². The number of rotatable bonds is 0. The minimum Gasteiger partial charge on any atom is -0.420 e. The van der Waals surface area contributed by atoms with Gasteiger partial charge in [-0.2, -0.15) is 0 Å². The molecule has 0 aliphatic rings. The molecule has 0 fully saturated rings. The summed E-state index contributed by atoms with van der Waals surface area (Å²) >= 11 is 0. The largest absolute Gasteiger partial charge is 0.420 e. The lowest BCUT2D eigenvalue weighted by Crippen LogP contribution is -1.76. The highest BCUT2D eigenvalue weighted by molar-refractivity contribution is 6.16. The minimum absolute atomic E-state index is 0.558. The van der Waals surface area contributed by atoms with Crippen molar-refractivity contribution in [3.05, 3.63) is 30.9 Å². The molecule has 4 rings (SSSR count). The highest BCUT2D eigenvalue weighted by Gasteiger charge is 2.14. The van der Waals surface area contributed by atoms with Crippen LogP contribution in [0.15, 0.2) is 35.3 Å². The lowest BCUT2D eigenvalue weighted by molar-refractivity contribution is 0.642. The first-order valence-electron chi connectivity index (χ1n) is 4.88. The van der Waals surface area contributed by atoms with Crippen LogP contribution >= 0.6 is 0 Å². The summed E-state index contributed by atoms with van der Waals surface area (Å²) < 4.78 is 5.58. The van der Waals surface area contributed by atoms with Crippen LogP contribution in [0.3, 0.4) is 0 Å². The molecule has 16 heavy (non-hydrogen) atoms. The number of furan rings is 1. The van der Waals surface area contributed by atoms with Crippen LogP contribution in [0.2, 0.25) is 0 Å². The van der Waals surface area contributed by atoms with E-state index in [1.165, 1.54) is 0 Å². The SMILES string of the molecule is c1cc2c(cn1)[nH]c1oc3nccnc3c12. The molecule has 0 radical (unpaired) electrons. The van der Waals surface area contributed by atoms with Crippen LogP contribution in [0.5, 0.6) is 0 Å². The summed E-state index contributed by atoms with van der Waals surface area (Å²) in [5.74, 6) is 0. The molecule has 0 saturated heterocycles. The third-order valence-corrected chi connectivity index (χ3v) is 2.67. The summed E-state index contributed by atoms with van der Waals surface area (Å²) in [5.41, 5.74) is 2.99. The van der Waals surface area contributed by atoms with E-state index in [0.717, 1.165) is 21.8 Å². The van der Waals surface area contributed by atoms with Gasteiger partial charge in [0.15, 0.2) is 0 Å². The molecule has 0 saturated carbocycles. The molecular formula is C11H6N4O. The Bertz CT molecular complexity index is 749. The third-order valence-electron chi connectivity index (χ3n) is 2.67. The Morgan fingerprint density at radius 1 is 1.12 bits per heavy atom. The van der Waals surface area contributed by atoms with Crippen LogP contribution in [0.25, 0.3) is 33.2 Å². The van der Waals surface area contributed by atoms with Crippen molar-refractivity contribution in [2.24, 2.45) is 0 Å². The Morgan fingerprint density at radius 3 is 3.06 bits per heavy atom. The first-order valence-corrected chi connectivity index (χ1v) is 4.88. The Labute approximate surface area is 89.1 Å². The summed E-state index contributed by atoms with van der Waals surface area (Å²) in [7, 11) is 0. The number of aromatic amines is 1. The Morgan fingerprint density at radius 2 is 2.06 bits per heavy atom. The first-order chi connectivity index (χ1) is 7.93. The van der Waals surface area contributed by atoms with Crippen molar-refractivity contribution in [3.63, 3.8) is 0 Å². The summed E-state index contributed by atoms with van der Waals surface area (Å²) in [5, 5.41) is 2.03. The molecule has 0 bridgehead atoms. The highest BCUT2D eigenvalue weighted by Crippen LogP contribution is 2.31. The molecule has 0 aliphatic carbocycles. The van der Waals surface area contributed by atoms with Crippen molar-refractivity contribution in [1.82, 2.24) is 19.9 Å². The zero-order valence-electron chi connectivity index (χ0n) is 8.14. The molecule has 76 valence electrons. The maximum absolute atomic E-state index is 5.58. The van der Waals surface area contributed by atoms with Gasteiger partial charge in [-0.1, -0.05) is 0 Å². The van der Waals surface area contributed by atoms with Gasteiger partial charge in [-0.3, -0.25) is 4.98 Å². The second-order valence-corrected chi connectivity index (χ2v) is 3.56. The van der Waals surface area contributed by atoms with Gasteiger partial charge in [-0.15, -0.1) is 0 Å². The van der Waals surface area contributed by atoms with Crippen molar-refractivity contribution in [2.45, 2.75) is 0 Å². The Balaban J connectivity index is 2.38. The van der Waals surface area contributed by atoms with E-state index in [9.17, 15) is 0 Å². The average Bonchev–Trinajstić information content (AvgIpc) is 2.83. The Kier molecular flexibility index (Phi) is 1.26. The van der Waals surface area contributed by atoms with E-state index in [2.05, 4.69) is 19.9 Å². The number of fused-ring (bicyclic) bond motifs is 5. The smallest absolute Gasteiger partial charge is 0.248 e. The number of hydrogen-bond acceptors (Lipinski definition) is 4. The predicted octanol–water partition coefficient (Wildman–Crippen LogP) is 2.25. The quantitative estimate of drug-likeness (QED) is 0.483. The number of pyridine rings is 1. The average molecular weight is 210 g/mol. The molecule has 1 N–H and O–H groups in total. The van der Waals surface area contributed by atoms with E-state index < -0.39 is 0 Å². The maximum atomic E-state index is 5.58. The van der Waals surface area contributed by atoms with Gasteiger partial charge in [-0.05, 0) is 6.07 Å². The molecule has 0 aromatic carbocycles. The number of nitrogens with zero attached hydrogens (tertiary/aromatic N) is 3. The predicted molar refractivity (Wildman–Crippen MR) is 59.0 cm³/mol. The van der Waals surface area contributed by atoms with Crippen molar-refractivity contribution in [2.75, 3.05) is 0 Å². The van der Waals surface area contributed by atoms with Crippen molar-refractivity contribution in [3.8, 4) is 0 Å². The summed E-state index contributed by atoms with van der Waals surface area (Å²) in [6.07, 6.45) is 6.81. The monoisotopic (exact) mass is 210 g/mol. The van der Waals surface area contributed by atoms with E-state index in [1.807, 2.05) is 6.07 Å². The Hall–Kier alpha value is -2.43. The van der Waals surface area contributed by atoms with Crippen LogP contribution in [0.4, 0.5) is 0 Å². The normalized spacial score (nSPS) is 11.8. The van der Waals surface area contributed by atoms with Gasteiger partial charge in [0.2, 0.25) is 11.4 Å². The molecule has 4 aromatic rings. The van der Waals surface area contributed by atoms with E-state index in [-0.39, 0.29) is 0 Å². The zero-order chi connectivity index (χ0) is 10.5. The topological polar surface area (TPSA) is 67.6 Å². The molecule has 0 aliphatic heterocycles. The van der Waals surface area contributed by atoms with Gasteiger partial charge in [-0.25, -0.2) is 9.97 Å². The van der Waals surface area contributed by atoms with Crippen LogP contribution < -0.4 is 0 Å². The van der Waals surface area contributed by atoms with E-state index in [4.69, 9.17) is 4.42 Å². The third kappa shape index (κ3) is 0.826. The minimum atomic E-state index is 0.558. The van der Waals surface area contributed by atoms with Gasteiger partial charge < -0.3 is 9.40 Å².